The van der Waals surface area contributed by atoms with Crippen molar-refractivity contribution in [1.29, 1.82) is 0 Å². The van der Waals surface area contributed by atoms with Crippen LogP contribution in [0.5, 0.6) is 0 Å². The molecule has 0 saturated carbocycles. The van der Waals surface area contributed by atoms with Gasteiger partial charge in [0.05, 0.1) is 0 Å². The third kappa shape index (κ3) is 9.44. The maximum Gasteiger partial charge on any atom is 0.317 e. The topological polar surface area (TPSA) is 44.5 Å². The second kappa shape index (κ2) is 10.2. The van der Waals surface area contributed by atoms with Gasteiger partial charge in [0.2, 0.25) is 0 Å². The van der Waals surface area contributed by atoms with Gasteiger partial charge in [-0.2, -0.15) is 0 Å². The zero-order valence-electron chi connectivity index (χ0n) is 5.97. The summed E-state index contributed by atoms with van der Waals surface area (Å²) in [4.78, 5) is 0. The Morgan fingerprint density at radius 1 is 1.12 bits per heavy atom. The number of nitrogens with two attached hydrogens (primary N) is 1. The third-order valence-corrected chi connectivity index (χ3v) is 1.99. The van der Waals surface area contributed by atoms with Gasteiger partial charge in [-0.25, -0.2) is 0 Å². The molecule has 0 unspecified atom stereocenters. The second-order valence-electron chi connectivity index (χ2n) is 1.04. The normalized spacial score (nSPS) is 8.25. The van der Waals surface area contributed by atoms with E-state index in [2.05, 4.69) is 5.73 Å². The first-order chi connectivity index (χ1) is 3.81. The lowest BCUT2D eigenvalue weighted by Gasteiger charge is -2.00. The van der Waals surface area contributed by atoms with Crippen LogP contribution in [0.4, 0.5) is 0 Å². The smallest absolute Gasteiger partial charge is 0.317 e. The average molecular weight is 137 g/mol. The molecule has 0 aromatic rings. The minimum Gasteiger partial charge on any atom is -0.400 e. The van der Waals surface area contributed by atoms with Crippen molar-refractivity contribution in [2.45, 2.75) is 6.55 Å². The second-order valence-corrected chi connectivity index (χ2v) is 3.12. The summed E-state index contributed by atoms with van der Waals surface area (Å²) >= 11 is 0. The van der Waals surface area contributed by atoms with E-state index in [-0.39, 0.29) is 0 Å². The molecule has 0 rings (SSSR count). The quantitative estimate of drug-likeness (QED) is 0.532. The molecule has 0 spiro atoms. The van der Waals surface area contributed by atoms with E-state index in [0.717, 1.165) is 0 Å². The van der Waals surface area contributed by atoms with Crippen LogP contribution >= 0.6 is 0 Å². The first-order valence-electron chi connectivity index (χ1n) is 2.44. The monoisotopic (exact) mass is 137 g/mol. The molecule has 0 amide bonds. The maximum atomic E-state index is 4.82. The first-order valence-corrected chi connectivity index (χ1v) is 4.54. The lowest BCUT2D eigenvalue weighted by Crippen LogP contribution is -2.12. The van der Waals surface area contributed by atoms with E-state index in [0.29, 0.717) is 0 Å². The van der Waals surface area contributed by atoms with E-state index >= 15 is 0 Å². The summed E-state index contributed by atoms with van der Waals surface area (Å²) in [6, 6.07) is 0. The standard InChI is InChI=1S/C3H10O2Si.CH5N/c1-4-6(3)5-2;1-2/h6H,1-3H3;2H2,1H3. The van der Waals surface area contributed by atoms with Crippen LogP contribution < -0.4 is 5.73 Å². The van der Waals surface area contributed by atoms with Gasteiger partial charge in [0.1, 0.15) is 0 Å². The van der Waals surface area contributed by atoms with Gasteiger partial charge in [0.25, 0.3) is 0 Å². The van der Waals surface area contributed by atoms with Crippen molar-refractivity contribution in [1.82, 2.24) is 0 Å². The fourth-order valence-corrected chi connectivity index (χ4v) is 0.289. The Labute approximate surface area is 52.6 Å². The summed E-state index contributed by atoms with van der Waals surface area (Å²) in [5.74, 6) is 0. The van der Waals surface area contributed by atoms with Gasteiger partial charge < -0.3 is 14.6 Å². The van der Waals surface area contributed by atoms with E-state index in [1.807, 2.05) is 6.55 Å². The summed E-state index contributed by atoms with van der Waals surface area (Å²) in [6.45, 7) is 1.97. The minimum atomic E-state index is -1.16. The van der Waals surface area contributed by atoms with Gasteiger partial charge >= 0.3 is 9.28 Å². The molecular weight excluding hydrogens is 122 g/mol. The van der Waals surface area contributed by atoms with Gasteiger partial charge in [0, 0.05) is 14.2 Å². The molecule has 8 heavy (non-hydrogen) atoms. The Bertz CT molecular complexity index is 33.2. The largest absolute Gasteiger partial charge is 0.400 e. The highest BCUT2D eigenvalue weighted by Gasteiger charge is 1.94. The molecule has 0 aliphatic heterocycles. The van der Waals surface area contributed by atoms with Gasteiger partial charge in [-0.1, -0.05) is 0 Å². The Morgan fingerprint density at radius 2 is 1.38 bits per heavy atom. The van der Waals surface area contributed by atoms with Crippen LogP contribution in [0.2, 0.25) is 6.55 Å². The molecule has 0 heterocycles. The highest BCUT2D eigenvalue weighted by atomic mass is 28.3. The zero-order valence-corrected chi connectivity index (χ0v) is 7.13. The molecule has 0 aliphatic carbocycles. The average Bonchev–Trinajstić information content (AvgIpc) is 1.91. The lowest BCUT2D eigenvalue weighted by molar-refractivity contribution is 0.285. The van der Waals surface area contributed by atoms with Crippen molar-refractivity contribution in [2.75, 3.05) is 21.3 Å². The van der Waals surface area contributed by atoms with Gasteiger partial charge in [-0.3, -0.25) is 0 Å². The van der Waals surface area contributed by atoms with Gasteiger partial charge in [-0.15, -0.1) is 0 Å². The van der Waals surface area contributed by atoms with E-state index in [4.69, 9.17) is 8.85 Å². The highest BCUT2D eigenvalue weighted by molar-refractivity contribution is 6.42. The van der Waals surface area contributed by atoms with Crippen LogP contribution in [0.25, 0.3) is 0 Å². The summed E-state index contributed by atoms with van der Waals surface area (Å²) in [7, 11) is 3.67. The van der Waals surface area contributed by atoms with E-state index < -0.39 is 9.28 Å². The summed E-state index contributed by atoms with van der Waals surface area (Å²) in [6.07, 6.45) is 0. The van der Waals surface area contributed by atoms with Crippen LogP contribution in [0.3, 0.4) is 0 Å². The van der Waals surface area contributed by atoms with Crippen molar-refractivity contribution in [3.05, 3.63) is 0 Å². The third-order valence-electron chi connectivity index (χ3n) is 0.664. The van der Waals surface area contributed by atoms with Gasteiger partial charge in [0.15, 0.2) is 0 Å². The van der Waals surface area contributed by atoms with E-state index in [1.54, 1.807) is 14.2 Å². The lowest BCUT2D eigenvalue weighted by atomic mass is 11.6. The van der Waals surface area contributed by atoms with Crippen molar-refractivity contribution < 1.29 is 8.85 Å². The minimum absolute atomic E-state index is 1.16. The van der Waals surface area contributed by atoms with Crippen LogP contribution in [0.1, 0.15) is 0 Å². The maximum absolute atomic E-state index is 4.82. The molecule has 3 nitrogen and oxygen atoms in total. The van der Waals surface area contributed by atoms with Crippen LogP contribution in [0, 0.1) is 0 Å². The number of hydrogen-bond donors (Lipinski definition) is 1. The Hall–Kier alpha value is 0.0969. The van der Waals surface area contributed by atoms with Crippen LogP contribution in [-0.2, 0) is 8.85 Å². The Balaban J connectivity index is 0. The predicted molar refractivity (Wildman–Crippen MR) is 37.1 cm³/mol. The molecule has 2 N–H and O–H groups in total. The fraction of sp³-hybridized carbons (Fsp3) is 1.00. The molecule has 0 aromatic carbocycles. The van der Waals surface area contributed by atoms with E-state index in [1.165, 1.54) is 7.05 Å². The van der Waals surface area contributed by atoms with Crippen molar-refractivity contribution >= 4 is 9.28 Å². The summed E-state index contributed by atoms with van der Waals surface area (Å²) in [5, 5.41) is 0. The zero-order chi connectivity index (χ0) is 6.99. The highest BCUT2D eigenvalue weighted by Crippen LogP contribution is 1.77. The molecule has 0 bridgehead atoms. The SMILES string of the molecule is CN.CO[SiH](C)OC. The predicted octanol–water partition coefficient (Wildman–Crippen LogP) is -0.296. The van der Waals surface area contributed by atoms with Crippen LogP contribution in [-0.4, -0.2) is 30.6 Å². The van der Waals surface area contributed by atoms with E-state index in [9.17, 15) is 0 Å². The van der Waals surface area contributed by atoms with Crippen LogP contribution in [0.15, 0.2) is 0 Å². The molecule has 0 aromatic heterocycles. The molecule has 0 aliphatic rings. The molecule has 52 valence electrons. The molecule has 0 fully saturated rings. The molecule has 4 heteroatoms. The number of hydrogen-bond acceptors (Lipinski definition) is 3. The molecule has 0 radical (unpaired) electrons. The first kappa shape index (κ1) is 11.0. The van der Waals surface area contributed by atoms with Gasteiger partial charge in [-0.05, 0) is 13.6 Å². The molecule has 0 saturated heterocycles. The Morgan fingerprint density at radius 3 is 1.38 bits per heavy atom. The van der Waals surface area contributed by atoms with Crippen molar-refractivity contribution in [3.63, 3.8) is 0 Å². The number of rotatable bonds is 2. The fourth-order valence-electron chi connectivity index (χ4n) is 0.0962. The Kier molecular flexibility index (Phi) is 13.9. The van der Waals surface area contributed by atoms with Crippen molar-refractivity contribution in [3.8, 4) is 0 Å². The summed E-state index contributed by atoms with van der Waals surface area (Å²) < 4.78 is 9.63. The summed E-state index contributed by atoms with van der Waals surface area (Å²) in [5.41, 5.74) is 4.50. The molecule has 0 atom stereocenters. The molecular formula is C4H15NO2Si. The van der Waals surface area contributed by atoms with Crippen molar-refractivity contribution in [2.24, 2.45) is 5.73 Å².